The number of nitrogens with one attached hydrogen (secondary N) is 1. The van der Waals surface area contributed by atoms with Gasteiger partial charge in [0.25, 0.3) is 5.91 Å². The van der Waals surface area contributed by atoms with Crippen LogP contribution in [-0.2, 0) is 10.0 Å². The second-order valence-corrected chi connectivity index (χ2v) is 7.83. The lowest BCUT2D eigenvalue weighted by molar-refractivity contribution is 0.102. The van der Waals surface area contributed by atoms with E-state index in [4.69, 9.17) is 0 Å². The third-order valence-corrected chi connectivity index (χ3v) is 5.99. The number of benzene rings is 1. The van der Waals surface area contributed by atoms with E-state index < -0.39 is 15.9 Å². The number of nitrogens with zero attached hydrogens (tertiary/aromatic N) is 3. The Balaban J connectivity index is 1.80. The molecule has 1 N–H and O–H groups in total. The van der Waals surface area contributed by atoms with Crippen molar-refractivity contribution in [3.05, 3.63) is 48.5 Å². The van der Waals surface area contributed by atoms with Gasteiger partial charge in [-0.15, -0.1) is 0 Å². The molecule has 1 saturated heterocycles. The van der Waals surface area contributed by atoms with Gasteiger partial charge in [-0.25, -0.2) is 13.4 Å². The number of carbonyl (C=O) groups excluding carboxylic acids is 1. The van der Waals surface area contributed by atoms with Crippen molar-refractivity contribution in [3.63, 3.8) is 0 Å². The summed E-state index contributed by atoms with van der Waals surface area (Å²) in [5.41, 5.74) is 0.579. The van der Waals surface area contributed by atoms with Crippen LogP contribution < -0.4 is 5.32 Å². The Kier molecular flexibility index (Phi) is 5.40. The summed E-state index contributed by atoms with van der Waals surface area (Å²) in [5, 5.41) is 2.66. The summed E-state index contributed by atoms with van der Waals surface area (Å²) in [6.45, 7) is 1.08. The fraction of sp³-hybridized carbons (Fsp3) is 0.353. The van der Waals surface area contributed by atoms with E-state index in [1.807, 2.05) is 0 Å². The Labute approximate surface area is 147 Å². The number of aromatic nitrogens is 2. The second kappa shape index (κ2) is 7.71. The van der Waals surface area contributed by atoms with E-state index in [0.29, 0.717) is 18.8 Å². The molecule has 1 aliphatic heterocycles. The fourth-order valence-corrected chi connectivity index (χ4v) is 4.34. The maximum absolute atomic E-state index is 12.8. The summed E-state index contributed by atoms with van der Waals surface area (Å²) in [5.74, 6) is -0.433. The molecule has 2 heterocycles. The highest BCUT2D eigenvalue weighted by Gasteiger charge is 2.25. The summed E-state index contributed by atoms with van der Waals surface area (Å²) < 4.78 is 27.2. The fourth-order valence-electron chi connectivity index (χ4n) is 2.78. The first-order chi connectivity index (χ1) is 12.1. The highest BCUT2D eigenvalue weighted by molar-refractivity contribution is 7.89. The molecule has 8 heteroatoms. The van der Waals surface area contributed by atoms with Crippen LogP contribution in [0.1, 0.15) is 36.2 Å². The minimum Gasteiger partial charge on any atom is -0.321 e. The van der Waals surface area contributed by atoms with E-state index >= 15 is 0 Å². The largest absolute Gasteiger partial charge is 0.321 e. The van der Waals surface area contributed by atoms with Gasteiger partial charge in [0.05, 0.1) is 11.1 Å². The molecule has 0 radical (unpaired) electrons. The molecule has 3 rings (SSSR count). The molecule has 1 amide bonds. The molecule has 0 bridgehead atoms. The zero-order valence-electron chi connectivity index (χ0n) is 13.8. The maximum atomic E-state index is 12.8. The number of rotatable bonds is 4. The predicted octanol–water partition coefficient (Wildman–Crippen LogP) is 2.29. The van der Waals surface area contributed by atoms with Crippen molar-refractivity contribution in [2.24, 2.45) is 0 Å². The van der Waals surface area contributed by atoms with Gasteiger partial charge in [0.1, 0.15) is 5.69 Å². The minimum atomic E-state index is -3.55. The number of hydrogen-bond donors (Lipinski definition) is 1. The Bertz CT molecular complexity index is 832. The van der Waals surface area contributed by atoms with E-state index in [-0.39, 0.29) is 10.6 Å². The van der Waals surface area contributed by atoms with Gasteiger partial charge >= 0.3 is 0 Å². The summed E-state index contributed by atoms with van der Waals surface area (Å²) in [4.78, 5) is 20.1. The van der Waals surface area contributed by atoms with Crippen LogP contribution in [0.5, 0.6) is 0 Å². The molecule has 0 unspecified atom stereocenters. The molecule has 1 aromatic heterocycles. The van der Waals surface area contributed by atoms with E-state index in [9.17, 15) is 13.2 Å². The third-order valence-electron chi connectivity index (χ3n) is 4.09. The number of amides is 1. The standard InChI is InChI=1S/C17H20N4O3S/c22-17(16-13-18-8-9-19-16)20-14-6-5-7-15(12-14)25(23,24)21-10-3-1-2-4-11-21/h5-9,12-13H,1-4,10-11H2,(H,20,22). The van der Waals surface area contributed by atoms with Crippen LogP contribution in [-0.4, -0.2) is 41.7 Å². The monoisotopic (exact) mass is 360 g/mol. The Hall–Kier alpha value is -2.32. The van der Waals surface area contributed by atoms with E-state index in [2.05, 4.69) is 15.3 Å². The van der Waals surface area contributed by atoms with Gasteiger partial charge in [-0.05, 0) is 31.0 Å². The second-order valence-electron chi connectivity index (χ2n) is 5.89. The lowest BCUT2D eigenvalue weighted by atomic mass is 10.2. The first-order valence-corrected chi connectivity index (χ1v) is 9.69. The van der Waals surface area contributed by atoms with Crippen molar-refractivity contribution in [2.45, 2.75) is 30.6 Å². The molecule has 0 aliphatic carbocycles. The number of hydrogen-bond acceptors (Lipinski definition) is 5. The van der Waals surface area contributed by atoms with Gasteiger partial charge in [0.2, 0.25) is 10.0 Å². The molecule has 25 heavy (non-hydrogen) atoms. The third kappa shape index (κ3) is 4.21. The number of anilines is 1. The van der Waals surface area contributed by atoms with Crippen molar-refractivity contribution >= 4 is 21.6 Å². The van der Waals surface area contributed by atoms with Crippen molar-refractivity contribution in [1.82, 2.24) is 14.3 Å². The zero-order valence-corrected chi connectivity index (χ0v) is 14.6. The maximum Gasteiger partial charge on any atom is 0.275 e. The van der Waals surface area contributed by atoms with Crippen LogP contribution in [0.3, 0.4) is 0 Å². The topological polar surface area (TPSA) is 92.3 Å². The van der Waals surface area contributed by atoms with Crippen LogP contribution in [0.25, 0.3) is 0 Å². The predicted molar refractivity (Wildman–Crippen MR) is 93.7 cm³/mol. The van der Waals surface area contributed by atoms with Crippen LogP contribution >= 0.6 is 0 Å². The van der Waals surface area contributed by atoms with E-state index in [1.54, 1.807) is 18.2 Å². The normalized spacial score (nSPS) is 16.2. The van der Waals surface area contributed by atoms with Crippen LogP contribution in [0.2, 0.25) is 0 Å². The lowest BCUT2D eigenvalue weighted by Gasteiger charge is -2.20. The SMILES string of the molecule is O=C(Nc1cccc(S(=O)(=O)N2CCCCCC2)c1)c1cnccn1. The van der Waals surface area contributed by atoms with Crippen molar-refractivity contribution in [2.75, 3.05) is 18.4 Å². The van der Waals surface area contributed by atoms with Gasteiger partial charge in [0, 0.05) is 31.2 Å². The van der Waals surface area contributed by atoms with Crippen molar-refractivity contribution in [1.29, 1.82) is 0 Å². The van der Waals surface area contributed by atoms with Crippen molar-refractivity contribution in [3.8, 4) is 0 Å². The Morgan fingerprint density at radius 1 is 1.08 bits per heavy atom. The number of sulfonamides is 1. The first-order valence-electron chi connectivity index (χ1n) is 8.25. The van der Waals surface area contributed by atoms with Crippen LogP contribution in [0, 0.1) is 0 Å². The lowest BCUT2D eigenvalue weighted by Crippen LogP contribution is -2.32. The molecular weight excluding hydrogens is 340 g/mol. The van der Waals surface area contributed by atoms with Gasteiger partial charge in [-0.3, -0.25) is 9.78 Å². The molecule has 0 atom stereocenters. The molecular formula is C17H20N4O3S. The first kappa shape index (κ1) is 17.5. The van der Waals surface area contributed by atoms with Crippen molar-refractivity contribution < 1.29 is 13.2 Å². The summed E-state index contributed by atoms with van der Waals surface area (Å²) >= 11 is 0. The van der Waals surface area contributed by atoms with E-state index in [1.165, 1.54) is 29.0 Å². The highest BCUT2D eigenvalue weighted by Crippen LogP contribution is 2.22. The molecule has 132 valence electrons. The summed E-state index contributed by atoms with van der Waals surface area (Å²) in [6.07, 6.45) is 8.12. The molecule has 1 aliphatic rings. The molecule has 0 spiro atoms. The Morgan fingerprint density at radius 2 is 1.84 bits per heavy atom. The van der Waals surface area contributed by atoms with Gasteiger partial charge in [0.15, 0.2) is 0 Å². The van der Waals surface area contributed by atoms with Crippen LogP contribution in [0.15, 0.2) is 47.8 Å². The smallest absolute Gasteiger partial charge is 0.275 e. The summed E-state index contributed by atoms with van der Waals surface area (Å²) in [6, 6.07) is 6.30. The quantitative estimate of drug-likeness (QED) is 0.903. The zero-order chi connectivity index (χ0) is 17.7. The van der Waals surface area contributed by atoms with Gasteiger partial charge in [-0.1, -0.05) is 18.9 Å². The van der Waals surface area contributed by atoms with Gasteiger partial charge < -0.3 is 5.32 Å². The number of carbonyl (C=O) groups is 1. The molecule has 1 fully saturated rings. The van der Waals surface area contributed by atoms with Gasteiger partial charge in [-0.2, -0.15) is 4.31 Å². The highest BCUT2D eigenvalue weighted by atomic mass is 32.2. The Morgan fingerprint density at radius 3 is 2.52 bits per heavy atom. The van der Waals surface area contributed by atoms with Crippen LogP contribution in [0.4, 0.5) is 5.69 Å². The van der Waals surface area contributed by atoms with E-state index in [0.717, 1.165) is 25.7 Å². The molecule has 0 saturated carbocycles. The molecule has 2 aromatic rings. The molecule has 7 nitrogen and oxygen atoms in total. The average molecular weight is 360 g/mol. The minimum absolute atomic E-state index is 0.170. The molecule has 1 aromatic carbocycles. The summed E-state index contributed by atoms with van der Waals surface area (Å²) in [7, 11) is -3.55. The average Bonchev–Trinajstić information content (AvgIpc) is 2.93.